The summed E-state index contributed by atoms with van der Waals surface area (Å²) >= 11 is 0. The van der Waals surface area contributed by atoms with Crippen LogP contribution in [0.25, 0.3) is 0 Å². The third kappa shape index (κ3) is 3.20. The average Bonchev–Trinajstić information content (AvgIpc) is 2.87. The number of carbonyl (C=O) groups is 1. The number of likely N-dealkylation sites (tertiary alicyclic amines) is 1. The van der Waals surface area contributed by atoms with E-state index >= 15 is 0 Å². The number of nitrogens with zero attached hydrogens (tertiary/aromatic N) is 3. The Morgan fingerprint density at radius 2 is 1.83 bits per heavy atom. The first-order chi connectivity index (χ1) is 11.7. The highest BCUT2D eigenvalue weighted by atomic mass is 16.1. The minimum absolute atomic E-state index is 0.194. The molecule has 2 N–H and O–H groups in total. The van der Waals surface area contributed by atoms with Crippen LogP contribution in [0.4, 0.5) is 5.82 Å². The Hall–Kier alpha value is -1.46. The molecule has 2 unspecified atom stereocenters. The molecule has 0 radical (unpaired) electrons. The van der Waals surface area contributed by atoms with Gasteiger partial charge in [-0.2, -0.15) is 0 Å². The van der Waals surface area contributed by atoms with E-state index < -0.39 is 0 Å². The molecule has 3 fully saturated rings. The number of rotatable bonds is 4. The molecular weight excluding hydrogens is 300 g/mol. The normalized spacial score (nSPS) is 30.5. The molecule has 3 aliphatic heterocycles. The standard InChI is InChI=1S/C19H28N4O/c20-15-10-16-5-6-17(11-15)23(16)19-7-4-14(12-21-19)18(24)13-22-8-2-1-3-9-22/h4,7,12,15-17H,1-3,5-6,8-11,13,20H2. The van der Waals surface area contributed by atoms with Crippen molar-refractivity contribution in [1.82, 2.24) is 9.88 Å². The number of hydrogen-bond donors (Lipinski definition) is 1. The van der Waals surface area contributed by atoms with Gasteiger partial charge in [-0.3, -0.25) is 9.69 Å². The smallest absolute Gasteiger partial charge is 0.178 e. The van der Waals surface area contributed by atoms with E-state index in [1.165, 1.54) is 32.1 Å². The van der Waals surface area contributed by atoms with Crippen molar-refractivity contribution in [3.63, 3.8) is 0 Å². The van der Waals surface area contributed by atoms with Gasteiger partial charge in [0.25, 0.3) is 0 Å². The number of hydrogen-bond acceptors (Lipinski definition) is 5. The highest BCUT2D eigenvalue weighted by Crippen LogP contribution is 2.37. The van der Waals surface area contributed by atoms with Gasteiger partial charge in [0, 0.05) is 29.9 Å². The first kappa shape index (κ1) is 16.0. The van der Waals surface area contributed by atoms with Crippen LogP contribution in [-0.2, 0) is 0 Å². The Morgan fingerprint density at radius 3 is 2.46 bits per heavy atom. The molecule has 4 rings (SSSR count). The first-order valence-electron chi connectivity index (χ1n) is 9.46. The van der Waals surface area contributed by atoms with Gasteiger partial charge in [-0.05, 0) is 63.7 Å². The lowest BCUT2D eigenvalue weighted by Gasteiger charge is -2.38. The van der Waals surface area contributed by atoms with Crippen LogP contribution in [0.1, 0.15) is 55.3 Å². The van der Waals surface area contributed by atoms with Crippen molar-refractivity contribution < 1.29 is 4.79 Å². The summed E-state index contributed by atoms with van der Waals surface area (Å²) in [7, 11) is 0. The maximum Gasteiger partial charge on any atom is 0.178 e. The molecule has 130 valence electrons. The lowest BCUT2D eigenvalue weighted by atomic mass is 9.98. The van der Waals surface area contributed by atoms with Crippen LogP contribution in [0.5, 0.6) is 0 Å². The molecule has 1 aromatic rings. The van der Waals surface area contributed by atoms with Gasteiger partial charge in [-0.25, -0.2) is 4.98 Å². The second kappa shape index (κ2) is 6.81. The van der Waals surface area contributed by atoms with E-state index in [0.717, 1.165) is 37.3 Å². The number of anilines is 1. The molecule has 0 saturated carbocycles. The van der Waals surface area contributed by atoms with E-state index in [0.29, 0.717) is 24.7 Å². The molecule has 0 aromatic carbocycles. The Labute approximate surface area is 144 Å². The zero-order valence-corrected chi connectivity index (χ0v) is 14.4. The van der Waals surface area contributed by atoms with Gasteiger partial charge in [0.05, 0.1) is 6.54 Å². The molecule has 2 bridgehead atoms. The van der Waals surface area contributed by atoms with E-state index in [-0.39, 0.29) is 5.78 Å². The average molecular weight is 328 g/mol. The van der Waals surface area contributed by atoms with Crippen molar-refractivity contribution in [3.8, 4) is 0 Å². The summed E-state index contributed by atoms with van der Waals surface area (Å²) in [5, 5.41) is 0. The zero-order chi connectivity index (χ0) is 16.5. The second-order valence-corrected chi connectivity index (χ2v) is 7.69. The van der Waals surface area contributed by atoms with Crippen LogP contribution >= 0.6 is 0 Å². The SMILES string of the molecule is NC1CC2CCC(C1)N2c1ccc(C(=O)CN2CCCCC2)cn1. The predicted molar refractivity (Wildman–Crippen MR) is 95.4 cm³/mol. The number of pyridine rings is 1. The van der Waals surface area contributed by atoms with Crippen LogP contribution in [0.15, 0.2) is 18.3 Å². The Bertz CT molecular complexity index is 568. The van der Waals surface area contributed by atoms with Gasteiger partial charge in [0.2, 0.25) is 0 Å². The zero-order valence-electron chi connectivity index (χ0n) is 14.4. The van der Waals surface area contributed by atoms with Gasteiger partial charge in [-0.1, -0.05) is 6.42 Å². The van der Waals surface area contributed by atoms with Gasteiger partial charge in [-0.15, -0.1) is 0 Å². The number of aromatic nitrogens is 1. The summed E-state index contributed by atoms with van der Waals surface area (Å²) in [6, 6.07) is 5.39. The molecule has 4 heterocycles. The van der Waals surface area contributed by atoms with Gasteiger partial charge in [0.15, 0.2) is 5.78 Å². The summed E-state index contributed by atoms with van der Waals surface area (Å²) in [5.74, 6) is 1.21. The maximum atomic E-state index is 12.5. The number of fused-ring (bicyclic) bond motifs is 2. The summed E-state index contributed by atoms with van der Waals surface area (Å²) in [4.78, 5) is 21.8. The number of carbonyl (C=O) groups excluding carboxylic acids is 1. The van der Waals surface area contributed by atoms with E-state index in [2.05, 4.69) is 14.8 Å². The Morgan fingerprint density at radius 1 is 1.12 bits per heavy atom. The predicted octanol–water partition coefficient (Wildman–Crippen LogP) is 2.21. The van der Waals surface area contributed by atoms with Crippen molar-refractivity contribution in [2.24, 2.45) is 5.73 Å². The monoisotopic (exact) mass is 328 g/mol. The summed E-state index contributed by atoms with van der Waals surface area (Å²) in [6.45, 7) is 2.63. The van der Waals surface area contributed by atoms with Crippen LogP contribution in [0.2, 0.25) is 0 Å². The number of piperidine rings is 2. The highest BCUT2D eigenvalue weighted by Gasteiger charge is 2.40. The van der Waals surface area contributed by atoms with Crippen molar-refractivity contribution in [3.05, 3.63) is 23.9 Å². The second-order valence-electron chi connectivity index (χ2n) is 7.69. The first-order valence-corrected chi connectivity index (χ1v) is 9.46. The lowest BCUT2D eigenvalue weighted by molar-refractivity contribution is 0.0915. The number of ketones is 1. The van der Waals surface area contributed by atoms with E-state index in [1.807, 2.05) is 12.1 Å². The molecule has 1 aromatic heterocycles. The summed E-state index contributed by atoms with van der Waals surface area (Å²) in [5.41, 5.74) is 6.89. The van der Waals surface area contributed by atoms with E-state index in [1.54, 1.807) is 6.20 Å². The van der Waals surface area contributed by atoms with Crippen LogP contribution in [0, 0.1) is 0 Å². The van der Waals surface area contributed by atoms with Gasteiger partial charge < -0.3 is 10.6 Å². The fraction of sp³-hybridized carbons (Fsp3) is 0.684. The largest absolute Gasteiger partial charge is 0.351 e. The Kier molecular flexibility index (Phi) is 4.55. The third-order valence-corrected chi connectivity index (χ3v) is 5.92. The number of Topliss-reactive ketones (excluding diaryl/α,β-unsaturated/α-hetero) is 1. The molecular formula is C19H28N4O. The topological polar surface area (TPSA) is 62.5 Å². The van der Waals surface area contributed by atoms with Crippen LogP contribution < -0.4 is 10.6 Å². The quantitative estimate of drug-likeness (QED) is 0.859. The highest BCUT2D eigenvalue weighted by molar-refractivity contribution is 5.97. The molecule has 5 heteroatoms. The van der Waals surface area contributed by atoms with Crippen LogP contribution in [0.3, 0.4) is 0 Å². The molecule has 24 heavy (non-hydrogen) atoms. The maximum absolute atomic E-state index is 12.5. The minimum Gasteiger partial charge on any atom is -0.351 e. The summed E-state index contributed by atoms with van der Waals surface area (Å²) in [6.07, 6.45) is 10.1. The van der Waals surface area contributed by atoms with Crippen molar-refractivity contribution >= 4 is 11.6 Å². The lowest BCUT2D eigenvalue weighted by Crippen LogP contribution is -2.47. The molecule has 2 atom stereocenters. The molecule has 0 spiro atoms. The fourth-order valence-electron chi connectivity index (χ4n) is 4.71. The fourth-order valence-corrected chi connectivity index (χ4v) is 4.71. The Balaban J connectivity index is 1.42. The van der Waals surface area contributed by atoms with Gasteiger partial charge >= 0.3 is 0 Å². The van der Waals surface area contributed by atoms with Crippen LogP contribution in [-0.4, -0.2) is 53.4 Å². The van der Waals surface area contributed by atoms with Crippen molar-refractivity contribution in [2.45, 2.75) is 63.1 Å². The molecule has 3 aliphatic rings. The molecule has 0 aliphatic carbocycles. The molecule has 5 nitrogen and oxygen atoms in total. The minimum atomic E-state index is 0.194. The molecule has 0 amide bonds. The summed E-state index contributed by atoms with van der Waals surface area (Å²) < 4.78 is 0. The number of nitrogens with two attached hydrogens (primary N) is 1. The van der Waals surface area contributed by atoms with Gasteiger partial charge in [0.1, 0.15) is 5.82 Å². The van der Waals surface area contributed by atoms with Crippen molar-refractivity contribution in [2.75, 3.05) is 24.5 Å². The van der Waals surface area contributed by atoms with Crippen molar-refractivity contribution in [1.29, 1.82) is 0 Å². The third-order valence-electron chi connectivity index (χ3n) is 5.92. The van der Waals surface area contributed by atoms with E-state index in [9.17, 15) is 4.79 Å². The van der Waals surface area contributed by atoms with E-state index in [4.69, 9.17) is 5.73 Å². The molecule has 3 saturated heterocycles.